The van der Waals surface area contributed by atoms with E-state index in [9.17, 15) is 0 Å². The third-order valence-electron chi connectivity index (χ3n) is 2.20. The molecule has 0 radical (unpaired) electrons. The number of nitrogens with zero attached hydrogens (tertiary/aromatic N) is 3. The van der Waals surface area contributed by atoms with Crippen molar-refractivity contribution in [2.75, 3.05) is 46.9 Å². The van der Waals surface area contributed by atoms with Crippen LogP contribution in [0.25, 0.3) is 0 Å². The van der Waals surface area contributed by atoms with Crippen LogP contribution in [0.1, 0.15) is 0 Å². The van der Waals surface area contributed by atoms with Gasteiger partial charge in [-0.25, -0.2) is 0 Å². The molecule has 4 heteroatoms. The van der Waals surface area contributed by atoms with Gasteiger partial charge in [0.15, 0.2) is 0 Å². The fourth-order valence-corrected chi connectivity index (χ4v) is 1.51. The number of morpholine rings is 1. The first kappa shape index (κ1) is 10.5. The fraction of sp³-hybridized carbons (Fsp3) is 0.889. The first-order valence-corrected chi connectivity index (χ1v) is 4.58. The number of nitriles is 1. The van der Waals surface area contributed by atoms with Crippen LogP contribution in [-0.2, 0) is 4.74 Å². The molecule has 0 aliphatic carbocycles. The Morgan fingerprint density at radius 2 is 2.46 bits per heavy atom. The van der Waals surface area contributed by atoms with Crippen molar-refractivity contribution in [2.45, 2.75) is 6.10 Å². The van der Waals surface area contributed by atoms with E-state index in [4.69, 9.17) is 10.00 Å². The third kappa shape index (κ3) is 3.73. The Kier molecular flexibility index (Phi) is 4.16. The maximum absolute atomic E-state index is 8.48. The topological polar surface area (TPSA) is 39.5 Å². The molecule has 1 aliphatic rings. The molecular weight excluding hydrogens is 166 g/mol. The van der Waals surface area contributed by atoms with Gasteiger partial charge in [0.2, 0.25) is 0 Å². The summed E-state index contributed by atoms with van der Waals surface area (Å²) in [6.45, 7) is 4.11. The highest BCUT2D eigenvalue weighted by atomic mass is 16.5. The molecule has 0 spiro atoms. The Labute approximate surface area is 79.7 Å². The monoisotopic (exact) mass is 183 g/mol. The lowest BCUT2D eigenvalue weighted by Gasteiger charge is -2.31. The summed E-state index contributed by atoms with van der Waals surface area (Å²) in [6.07, 6.45) is 0.261. The zero-order valence-corrected chi connectivity index (χ0v) is 8.36. The maximum atomic E-state index is 8.48. The molecule has 0 aromatic heterocycles. The van der Waals surface area contributed by atoms with Crippen LogP contribution in [0.4, 0.5) is 0 Å². The molecule has 1 saturated heterocycles. The van der Waals surface area contributed by atoms with Crippen LogP contribution in [0.2, 0.25) is 0 Å². The predicted octanol–water partition coefficient (Wildman–Crippen LogP) is -0.228. The van der Waals surface area contributed by atoms with E-state index >= 15 is 0 Å². The van der Waals surface area contributed by atoms with Crippen LogP contribution in [0.5, 0.6) is 0 Å². The summed E-state index contributed by atoms with van der Waals surface area (Å²) in [5.41, 5.74) is 0. The van der Waals surface area contributed by atoms with E-state index in [-0.39, 0.29) is 6.10 Å². The molecule has 13 heavy (non-hydrogen) atoms. The Hall–Kier alpha value is -0.630. The maximum Gasteiger partial charge on any atom is 0.0864 e. The summed E-state index contributed by atoms with van der Waals surface area (Å²) in [5.74, 6) is 0. The minimum atomic E-state index is 0.261. The van der Waals surface area contributed by atoms with E-state index in [1.165, 1.54) is 0 Å². The number of likely N-dealkylation sites (N-methyl/N-ethyl adjacent to an activating group) is 2. The second kappa shape index (κ2) is 5.18. The van der Waals surface area contributed by atoms with Crippen molar-refractivity contribution in [1.29, 1.82) is 5.26 Å². The van der Waals surface area contributed by atoms with E-state index in [2.05, 4.69) is 18.0 Å². The lowest BCUT2D eigenvalue weighted by Crippen LogP contribution is -2.45. The van der Waals surface area contributed by atoms with E-state index in [1.807, 2.05) is 11.9 Å². The lowest BCUT2D eigenvalue weighted by molar-refractivity contribution is -0.0311. The van der Waals surface area contributed by atoms with Gasteiger partial charge in [-0.1, -0.05) is 0 Å². The average Bonchev–Trinajstić information content (AvgIpc) is 2.04. The van der Waals surface area contributed by atoms with Crippen molar-refractivity contribution in [3.05, 3.63) is 0 Å². The molecular formula is C9H17N3O. The van der Waals surface area contributed by atoms with Gasteiger partial charge in [0.1, 0.15) is 0 Å². The highest BCUT2D eigenvalue weighted by Crippen LogP contribution is 2.03. The van der Waals surface area contributed by atoms with Crippen molar-refractivity contribution in [2.24, 2.45) is 0 Å². The molecule has 74 valence electrons. The van der Waals surface area contributed by atoms with E-state index in [1.54, 1.807) is 0 Å². The van der Waals surface area contributed by atoms with Crippen molar-refractivity contribution >= 4 is 0 Å². The Bertz CT molecular complexity index is 190. The van der Waals surface area contributed by atoms with Crippen LogP contribution in [-0.4, -0.2) is 62.8 Å². The Morgan fingerprint density at radius 1 is 1.69 bits per heavy atom. The van der Waals surface area contributed by atoms with Gasteiger partial charge in [0, 0.05) is 19.6 Å². The standard InChI is InChI=1S/C9H17N3O/c1-11(4-3-10)7-9-8-12(2)5-6-13-9/h9H,4-8H2,1-2H3. The van der Waals surface area contributed by atoms with E-state index in [0.717, 1.165) is 26.2 Å². The number of hydrogen-bond acceptors (Lipinski definition) is 4. The van der Waals surface area contributed by atoms with Crippen molar-refractivity contribution in [3.8, 4) is 6.07 Å². The average molecular weight is 183 g/mol. The van der Waals surface area contributed by atoms with Gasteiger partial charge in [0.05, 0.1) is 25.3 Å². The van der Waals surface area contributed by atoms with E-state index in [0.29, 0.717) is 6.54 Å². The largest absolute Gasteiger partial charge is 0.374 e. The highest BCUT2D eigenvalue weighted by molar-refractivity contribution is 4.78. The van der Waals surface area contributed by atoms with Crippen molar-refractivity contribution in [1.82, 2.24) is 9.80 Å². The molecule has 1 rings (SSSR count). The molecule has 0 N–H and O–H groups in total. The minimum Gasteiger partial charge on any atom is -0.374 e. The molecule has 0 saturated carbocycles. The predicted molar refractivity (Wildman–Crippen MR) is 50.3 cm³/mol. The van der Waals surface area contributed by atoms with Gasteiger partial charge >= 0.3 is 0 Å². The Balaban J connectivity index is 2.24. The molecule has 1 aliphatic heterocycles. The molecule has 0 amide bonds. The van der Waals surface area contributed by atoms with Gasteiger partial charge in [0.25, 0.3) is 0 Å². The molecule has 1 atom stereocenters. The first-order valence-electron chi connectivity index (χ1n) is 4.58. The summed E-state index contributed by atoms with van der Waals surface area (Å²) in [7, 11) is 4.04. The van der Waals surface area contributed by atoms with Crippen LogP contribution < -0.4 is 0 Å². The van der Waals surface area contributed by atoms with Gasteiger partial charge in [-0.15, -0.1) is 0 Å². The molecule has 1 unspecified atom stereocenters. The van der Waals surface area contributed by atoms with Gasteiger partial charge in [-0.3, -0.25) is 4.90 Å². The molecule has 0 aromatic rings. The lowest BCUT2D eigenvalue weighted by atomic mass is 10.2. The van der Waals surface area contributed by atoms with Crippen LogP contribution in [0.15, 0.2) is 0 Å². The zero-order valence-electron chi connectivity index (χ0n) is 8.36. The second-order valence-electron chi connectivity index (χ2n) is 3.61. The molecule has 4 nitrogen and oxygen atoms in total. The van der Waals surface area contributed by atoms with E-state index < -0.39 is 0 Å². The SMILES string of the molecule is CN(CC#N)CC1CN(C)CCO1. The van der Waals surface area contributed by atoms with Crippen LogP contribution >= 0.6 is 0 Å². The molecule has 0 aromatic carbocycles. The first-order chi connectivity index (χ1) is 6.22. The summed E-state index contributed by atoms with van der Waals surface area (Å²) in [5, 5.41) is 8.48. The second-order valence-corrected chi connectivity index (χ2v) is 3.61. The normalized spacial score (nSPS) is 24.6. The number of rotatable bonds is 3. The quantitative estimate of drug-likeness (QED) is 0.567. The smallest absolute Gasteiger partial charge is 0.0864 e. The zero-order chi connectivity index (χ0) is 9.68. The molecule has 1 heterocycles. The fourth-order valence-electron chi connectivity index (χ4n) is 1.51. The van der Waals surface area contributed by atoms with Crippen LogP contribution in [0, 0.1) is 11.3 Å². The number of hydrogen-bond donors (Lipinski definition) is 0. The third-order valence-corrected chi connectivity index (χ3v) is 2.20. The highest BCUT2D eigenvalue weighted by Gasteiger charge is 2.18. The summed E-state index contributed by atoms with van der Waals surface area (Å²) in [6, 6.07) is 2.13. The van der Waals surface area contributed by atoms with Gasteiger partial charge in [-0.05, 0) is 14.1 Å². The van der Waals surface area contributed by atoms with Crippen LogP contribution in [0.3, 0.4) is 0 Å². The van der Waals surface area contributed by atoms with Crippen molar-refractivity contribution in [3.63, 3.8) is 0 Å². The Morgan fingerprint density at radius 3 is 3.08 bits per heavy atom. The summed E-state index contributed by atoms with van der Waals surface area (Å²) in [4.78, 5) is 4.25. The minimum absolute atomic E-state index is 0.261. The summed E-state index contributed by atoms with van der Waals surface area (Å²) < 4.78 is 5.57. The van der Waals surface area contributed by atoms with Gasteiger partial charge in [-0.2, -0.15) is 5.26 Å². The number of ether oxygens (including phenoxy) is 1. The molecule has 0 bridgehead atoms. The summed E-state index contributed by atoms with van der Waals surface area (Å²) >= 11 is 0. The molecule has 1 fully saturated rings. The van der Waals surface area contributed by atoms with Gasteiger partial charge < -0.3 is 9.64 Å². The van der Waals surface area contributed by atoms with Crippen molar-refractivity contribution < 1.29 is 4.74 Å².